The van der Waals surface area contributed by atoms with Gasteiger partial charge in [-0.2, -0.15) is 0 Å². The minimum Gasteiger partial charge on any atom is -0.465 e. The second-order valence-electron chi connectivity index (χ2n) is 4.43. The minimum atomic E-state index is -1.13. The maximum Gasteiger partial charge on any atom is 0.326 e. The molecule has 0 radical (unpaired) electrons. The number of pyridine rings is 1. The van der Waals surface area contributed by atoms with Gasteiger partial charge in [0.15, 0.2) is 5.92 Å². The van der Waals surface area contributed by atoms with Crippen LogP contribution in [0.15, 0.2) is 42.7 Å². The summed E-state index contributed by atoms with van der Waals surface area (Å²) < 4.78 is 11.7. The van der Waals surface area contributed by atoms with E-state index in [1.165, 1.54) is 0 Å². The molecule has 0 aliphatic heterocycles. The van der Waals surface area contributed by atoms with Crippen molar-refractivity contribution in [3.8, 4) is 5.82 Å². The summed E-state index contributed by atoms with van der Waals surface area (Å²) in [4.78, 5) is 28.6. The van der Waals surface area contributed by atoms with Gasteiger partial charge in [-0.1, -0.05) is 6.07 Å². The molecule has 0 atom stereocenters. The highest BCUT2D eigenvalue weighted by Crippen LogP contribution is 2.23. The monoisotopic (exact) mass is 302 g/mol. The van der Waals surface area contributed by atoms with Crippen LogP contribution in [0, 0.1) is 0 Å². The van der Waals surface area contributed by atoms with Gasteiger partial charge >= 0.3 is 11.9 Å². The lowest BCUT2D eigenvalue weighted by molar-refractivity contribution is -0.157. The fourth-order valence-corrected chi connectivity index (χ4v) is 2.12. The second kappa shape index (κ2) is 7.40. The van der Waals surface area contributed by atoms with Crippen LogP contribution < -0.4 is 0 Å². The van der Waals surface area contributed by atoms with Crippen molar-refractivity contribution in [2.75, 3.05) is 13.2 Å². The van der Waals surface area contributed by atoms with Crippen LogP contribution in [0.25, 0.3) is 5.82 Å². The first-order valence-electron chi connectivity index (χ1n) is 7.11. The normalized spacial score (nSPS) is 10.5. The van der Waals surface area contributed by atoms with Crippen molar-refractivity contribution in [3.05, 3.63) is 48.4 Å². The Kier molecular flexibility index (Phi) is 5.30. The van der Waals surface area contributed by atoms with Crippen LogP contribution in [0.5, 0.6) is 0 Å². The average Bonchev–Trinajstić information content (AvgIpc) is 2.98. The Hall–Kier alpha value is -2.63. The summed E-state index contributed by atoms with van der Waals surface area (Å²) >= 11 is 0. The lowest BCUT2D eigenvalue weighted by Crippen LogP contribution is -2.28. The summed E-state index contributed by atoms with van der Waals surface area (Å²) in [6.45, 7) is 3.77. The average molecular weight is 302 g/mol. The predicted molar refractivity (Wildman–Crippen MR) is 79.6 cm³/mol. The Morgan fingerprint density at radius 2 is 1.77 bits per heavy atom. The largest absolute Gasteiger partial charge is 0.465 e. The van der Waals surface area contributed by atoms with Crippen LogP contribution in [-0.2, 0) is 19.1 Å². The summed E-state index contributed by atoms with van der Waals surface area (Å²) in [6.07, 6.45) is 3.38. The number of carbonyl (C=O) groups is 2. The molecule has 6 heteroatoms. The molecule has 0 aromatic carbocycles. The molecule has 0 amide bonds. The van der Waals surface area contributed by atoms with Crippen LogP contribution in [-0.4, -0.2) is 34.7 Å². The summed E-state index contributed by atoms with van der Waals surface area (Å²) in [5.41, 5.74) is 0.468. The minimum absolute atomic E-state index is 0.193. The first-order chi connectivity index (χ1) is 10.7. The van der Waals surface area contributed by atoms with E-state index >= 15 is 0 Å². The van der Waals surface area contributed by atoms with Crippen LogP contribution in [0.1, 0.15) is 25.5 Å². The maximum atomic E-state index is 12.2. The molecule has 0 unspecified atom stereocenters. The zero-order valence-corrected chi connectivity index (χ0v) is 12.6. The summed E-state index contributed by atoms with van der Waals surface area (Å²) in [7, 11) is 0. The molecular weight excluding hydrogens is 284 g/mol. The molecule has 22 heavy (non-hydrogen) atoms. The number of hydrogen-bond acceptors (Lipinski definition) is 5. The summed E-state index contributed by atoms with van der Waals surface area (Å²) in [6, 6.07) is 8.84. The predicted octanol–water partition coefficient (Wildman–Crippen LogP) is 2.08. The number of aromatic nitrogens is 2. The smallest absolute Gasteiger partial charge is 0.326 e. The van der Waals surface area contributed by atoms with Gasteiger partial charge in [-0.25, -0.2) is 4.98 Å². The zero-order chi connectivity index (χ0) is 15.9. The molecular formula is C16H18N2O4. The van der Waals surface area contributed by atoms with Gasteiger partial charge in [0.2, 0.25) is 0 Å². The molecule has 0 aliphatic carbocycles. The van der Waals surface area contributed by atoms with Gasteiger partial charge in [-0.3, -0.25) is 9.59 Å². The quantitative estimate of drug-likeness (QED) is 0.603. The highest BCUT2D eigenvalue weighted by atomic mass is 16.6. The SMILES string of the molecule is CCOC(=O)C(C(=O)OCC)c1cccn1-c1ccccn1. The lowest BCUT2D eigenvalue weighted by Gasteiger charge is -2.16. The second-order valence-corrected chi connectivity index (χ2v) is 4.43. The van der Waals surface area contributed by atoms with Crippen molar-refractivity contribution in [2.45, 2.75) is 19.8 Å². The fraction of sp³-hybridized carbons (Fsp3) is 0.312. The summed E-state index contributed by atoms with van der Waals surface area (Å²) in [5.74, 6) is -1.77. The third kappa shape index (κ3) is 3.33. The van der Waals surface area contributed by atoms with Gasteiger partial charge in [0.25, 0.3) is 0 Å². The van der Waals surface area contributed by atoms with E-state index < -0.39 is 17.9 Å². The Morgan fingerprint density at radius 3 is 2.32 bits per heavy atom. The third-order valence-electron chi connectivity index (χ3n) is 3.02. The fourth-order valence-electron chi connectivity index (χ4n) is 2.12. The van der Waals surface area contributed by atoms with E-state index in [1.54, 1.807) is 55.1 Å². The topological polar surface area (TPSA) is 70.4 Å². The molecule has 2 rings (SSSR count). The van der Waals surface area contributed by atoms with Crippen LogP contribution in [0.4, 0.5) is 0 Å². The highest BCUT2D eigenvalue weighted by molar-refractivity contribution is 6.00. The van der Waals surface area contributed by atoms with E-state index in [1.807, 2.05) is 6.07 Å². The van der Waals surface area contributed by atoms with Gasteiger partial charge < -0.3 is 14.0 Å². The van der Waals surface area contributed by atoms with E-state index in [9.17, 15) is 9.59 Å². The van der Waals surface area contributed by atoms with Crippen molar-refractivity contribution in [2.24, 2.45) is 0 Å². The number of esters is 2. The maximum absolute atomic E-state index is 12.2. The molecule has 0 fully saturated rings. The van der Waals surface area contributed by atoms with E-state index in [-0.39, 0.29) is 13.2 Å². The van der Waals surface area contributed by atoms with Crippen LogP contribution >= 0.6 is 0 Å². The molecule has 0 spiro atoms. The van der Waals surface area contributed by atoms with Crippen molar-refractivity contribution >= 4 is 11.9 Å². The Bertz CT molecular complexity index is 619. The van der Waals surface area contributed by atoms with Crippen molar-refractivity contribution in [3.63, 3.8) is 0 Å². The van der Waals surface area contributed by atoms with Crippen molar-refractivity contribution in [1.29, 1.82) is 0 Å². The zero-order valence-electron chi connectivity index (χ0n) is 12.6. The molecule has 0 aliphatic rings. The van der Waals surface area contributed by atoms with E-state index in [0.717, 1.165) is 0 Å². The third-order valence-corrected chi connectivity index (χ3v) is 3.02. The van der Waals surface area contributed by atoms with Crippen LogP contribution in [0.3, 0.4) is 0 Å². The molecule has 2 aromatic rings. The Morgan fingerprint density at radius 1 is 1.09 bits per heavy atom. The Labute approximate surface area is 128 Å². The van der Waals surface area contributed by atoms with Gasteiger partial charge in [-0.15, -0.1) is 0 Å². The van der Waals surface area contributed by atoms with Gasteiger partial charge in [0.1, 0.15) is 5.82 Å². The molecule has 0 N–H and O–H groups in total. The number of rotatable bonds is 6. The number of nitrogens with zero attached hydrogens (tertiary/aromatic N) is 2. The van der Waals surface area contributed by atoms with E-state index in [2.05, 4.69) is 4.98 Å². The number of carbonyl (C=O) groups excluding carboxylic acids is 2. The van der Waals surface area contributed by atoms with Gasteiger partial charge in [0, 0.05) is 18.1 Å². The first kappa shape index (κ1) is 15.8. The van der Waals surface area contributed by atoms with Crippen molar-refractivity contribution < 1.29 is 19.1 Å². The van der Waals surface area contributed by atoms with Gasteiger partial charge in [0.05, 0.1) is 13.2 Å². The molecule has 0 saturated heterocycles. The molecule has 6 nitrogen and oxygen atoms in total. The van der Waals surface area contributed by atoms with E-state index in [0.29, 0.717) is 11.5 Å². The number of hydrogen-bond donors (Lipinski definition) is 0. The van der Waals surface area contributed by atoms with E-state index in [4.69, 9.17) is 9.47 Å². The summed E-state index contributed by atoms with van der Waals surface area (Å²) in [5, 5.41) is 0. The molecule has 2 heterocycles. The first-order valence-corrected chi connectivity index (χ1v) is 7.11. The molecule has 116 valence electrons. The van der Waals surface area contributed by atoms with Crippen LogP contribution in [0.2, 0.25) is 0 Å². The molecule has 0 bridgehead atoms. The highest BCUT2D eigenvalue weighted by Gasteiger charge is 2.34. The Balaban J connectivity index is 2.42. The number of ether oxygens (including phenoxy) is 2. The molecule has 0 saturated carbocycles. The standard InChI is InChI=1S/C16H18N2O4/c1-3-21-15(19)14(16(20)22-4-2)12-8-7-11-18(12)13-9-5-6-10-17-13/h5-11,14H,3-4H2,1-2H3. The van der Waals surface area contributed by atoms with Gasteiger partial charge in [-0.05, 0) is 38.1 Å². The van der Waals surface area contributed by atoms with Crippen molar-refractivity contribution in [1.82, 2.24) is 9.55 Å². The lowest BCUT2D eigenvalue weighted by atomic mass is 10.1. The molecule has 2 aromatic heterocycles.